The van der Waals surface area contributed by atoms with Crippen LogP contribution in [-0.4, -0.2) is 38.7 Å². The molecule has 2 aliphatic carbocycles. The van der Waals surface area contributed by atoms with Crippen LogP contribution in [0.5, 0.6) is 0 Å². The highest BCUT2D eigenvalue weighted by Gasteiger charge is 2.28. The lowest BCUT2D eigenvalue weighted by Crippen LogP contribution is -2.35. The molecule has 0 saturated heterocycles. The SMILES string of the molecule is Cn1ccc(-c2cccc(Nc3ncc(C4CC4)c(NCCCNC(=O)C4CCC4)n3)c2)n1. The highest BCUT2D eigenvalue weighted by atomic mass is 16.1. The average molecular weight is 446 g/mol. The molecule has 2 saturated carbocycles. The van der Waals surface area contributed by atoms with Gasteiger partial charge in [-0.3, -0.25) is 9.48 Å². The Morgan fingerprint density at radius 1 is 1.15 bits per heavy atom. The van der Waals surface area contributed by atoms with Crippen molar-refractivity contribution < 1.29 is 4.79 Å². The van der Waals surface area contributed by atoms with Gasteiger partial charge in [0.05, 0.1) is 5.69 Å². The molecule has 8 heteroatoms. The van der Waals surface area contributed by atoms with Crippen LogP contribution in [0.1, 0.15) is 50.0 Å². The summed E-state index contributed by atoms with van der Waals surface area (Å²) in [5, 5.41) is 14.3. The highest BCUT2D eigenvalue weighted by Crippen LogP contribution is 2.42. The first-order valence-corrected chi connectivity index (χ1v) is 11.9. The number of rotatable bonds is 10. The van der Waals surface area contributed by atoms with Gasteiger partial charge in [-0.05, 0) is 56.2 Å². The Hall–Kier alpha value is -3.42. The number of aromatic nitrogens is 4. The molecule has 3 aromatic rings. The van der Waals surface area contributed by atoms with Crippen molar-refractivity contribution in [1.82, 2.24) is 25.1 Å². The summed E-state index contributed by atoms with van der Waals surface area (Å²) in [5.74, 6) is 2.46. The summed E-state index contributed by atoms with van der Waals surface area (Å²) in [6.07, 6.45) is 10.4. The van der Waals surface area contributed by atoms with Crippen LogP contribution in [0.3, 0.4) is 0 Å². The number of aryl methyl sites for hydroxylation is 1. The smallest absolute Gasteiger partial charge is 0.229 e. The molecule has 33 heavy (non-hydrogen) atoms. The van der Waals surface area contributed by atoms with E-state index in [1.54, 1.807) is 4.68 Å². The fourth-order valence-corrected chi connectivity index (χ4v) is 4.06. The Bertz CT molecular complexity index is 1120. The zero-order chi connectivity index (χ0) is 22.6. The molecule has 0 bridgehead atoms. The first-order valence-electron chi connectivity index (χ1n) is 11.9. The van der Waals surface area contributed by atoms with Crippen LogP contribution >= 0.6 is 0 Å². The first kappa shape index (κ1) is 21.4. The van der Waals surface area contributed by atoms with Crippen LogP contribution in [0.2, 0.25) is 0 Å². The minimum absolute atomic E-state index is 0.210. The Morgan fingerprint density at radius 3 is 2.76 bits per heavy atom. The minimum Gasteiger partial charge on any atom is -0.370 e. The molecule has 5 rings (SSSR count). The molecule has 1 amide bonds. The van der Waals surface area contributed by atoms with E-state index in [0.717, 1.165) is 48.6 Å². The van der Waals surface area contributed by atoms with Crippen LogP contribution in [0.15, 0.2) is 42.7 Å². The Morgan fingerprint density at radius 2 is 2.03 bits per heavy atom. The van der Waals surface area contributed by atoms with Gasteiger partial charge in [0.15, 0.2) is 0 Å². The van der Waals surface area contributed by atoms with Crippen LogP contribution in [0.4, 0.5) is 17.5 Å². The molecule has 172 valence electrons. The number of hydrogen-bond acceptors (Lipinski definition) is 6. The number of amides is 1. The summed E-state index contributed by atoms with van der Waals surface area (Å²) in [6, 6.07) is 10.1. The number of carbonyl (C=O) groups is 1. The Kier molecular flexibility index (Phi) is 6.24. The number of hydrogen-bond donors (Lipinski definition) is 3. The van der Waals surface area contributed by atoms with Crippen LogP contribution in [0, 0.1) is 5.92 Å². The van der Waals surface area contributed by atoms with Gasteiger partial charge < -0.3 is 16.0 Å². The third-order valence-electron chi connectivity index (χ3n) is 6.38. The van der Waals surface area contributed by atoms with Crippen molar-refractivity contribution >= 4 is 23.4 Å². The summed E-state index contributed by atoms with van der Waals surface area (Å²) >= 11 is 0. The maximum atomic E-state index is 12.0. The summed E-state index contributed by atoms with van der Waals surface area (Å²) in [4.78, 5) is 21.3. The second-order valence-electron chi connectivity index (χ2n) is 9.05. The van der Waals surface area contributed by atoms with Gasteiger partial charge in [0.2, 0.25) is 11.9 Å². The summed E-state index contributed by atoms with van der Waals surface area (Å²) in [5.41, 5.74) is 4.07. The van der Waals surface area contributed by atoms with E-state index in [1.807, 2.05) is 43.7 Å². The lowest BCUT2D eigenvalue weighted by Gasteiger charge is -2.24. The maximum absolute atomic E-state index is 12.0. The van der Waals surface area contributed by atoms with E-state index in [0.29, 0.717) is 18.4 Å². The van der Waals surface area contributed by atoms with Gasteiger partial charge in [-0.15, -0.1) is 0 Å². The number of carbonyl (C=O) groups excluding carboxylic acids is 1. The van der Waals surface area contributed by atoms with Crippen molar-refractivity contribution in [3.63, 3.8) is 0 Å². The van der Waals surface area contributed by atoms with Crippen molar-refractivity contribution in [3.05, 3.63) is 48.3 Å². The third kappa shape index (κ3) is 5.32. The second-order valence-corrected chi connectivity index (χ2v) is 9.05. The van der Waals surface area contributed by atoms with Crippen LogP contribution in [-0.2, 0) is 11.8 Å². The molecule has 2 aromatic heterocycles. The first-order chi connectivity index (χ1) is 16.2. The molecule has 2 fully saturated rings. The molecule has 0 radical (unpaired) electrons. The number of benzene rings is 1. The predicted molar refractivity (Wildman–Crippen MR) is 129 cm³/mol. The van der Waals surface area contributed by atoms with Crippen LogP contribution in [0.25, 0.3) is 11.3 Å². The molecule has 0 unspecified atom stereocenters. The fourth-order valence-electron chi connectivity index (χ4n) is 4.06. The van der Waals surface area contributed by atoms with E-state index in [4.69, 9.17) is 4.98 Å². The molecule has 8 nitrogen and oxygen atoms in total. The van der Waals surface area contributed by atoms with Crippen molar-refractivity contribution in [3.8, 4) is 11.3 Å². The monoisotopic (exact) mass is 445 g/mol. The van der Waals surface area contributed by atoms with Gasteiger partial charge in [-0.2, -0.15) is 10.1 Å². The molecular formula is C25H31N7O. The van der Waals surface area contributed by atoms with Crippen molar-refractivity contribution in [2.75, 3.05) is 23.7 Å². The minimum atomic E-state index is 0.210. The van der Waals surface area contributed by atoms with Crippen LogP contribution < -0.4 is 16.0 Å². The fraction of sp³-hybridized carbons (Fsp3) is 0.440. The molecule has 3 N–H and O–H groups in total. The summed E-state index contributed by atoms with van der Waals surface area (Å²) < 4.78 is 1.80. The van der Waals surface area contributed by atoms with Gasteiger partial charge in [0.25, 0.3) is 0 Å². The largest absolute Gasteiger partial charge is 0.370 e. The molecule has 2 aliphatic rings. The second kappa shape index (κ2) is 9.60. The standard InChI is InChI=1S/C25H31N7O/c1-32-14-11-22(31-32)19-7-3-8-20(15-19)29-25-28-16-21(17-9-10-17)23(30-25)26-12-4-13-27-24(33)18-5-2-6-18/h3,7-8,11,14-18H,2,4-6,9-10,12-13H2,1H3,(H,27,33)(H2,26,28,29,30). The lowest BCUT2D eigenvalue weighted by atomic mass is 9.85. The van der Waals surface area contributed by atoms with E-state index in [2.05, 4.69) is 32.1 Å². The van der Waals surface area contributed by atoms with Crippen molar-refractivity contribution in [2.45, 2.75) is 44.4 Å². The summed E-state index contributed by atoms with van der Waals surface area (Å²) in [6.45, 7) is 1.45. The van der Waals surface area contributed by atoms with E-state index in [1.165, 1.54) is 24.8 Å². The quantitative estimate of drug-likeness (QED) is 0.405. The topological polar surface area (TPSA) is 96.8 Å². The maximum Gasteiger partial charge on any atom is 0.229 e. The number of nitrogens with one attached hydrogen (secondary N) is 3. The van der Waals surface area contributed by atoms with E-state index < -0.39 is 0 Å². The molecule has 2 heterocycles. The normalized spacial score (nSPS) is 15.7. The lowest BCUT2D eigenvalue weighted by molar-refractivity contribution is -0.127. The highest BCUT2D eigenvalue weighted by molar-refractivity contribution is 5.79. The molecule has 1 aromatic carbocycles. The van der Waals surface area contributed by atoms with Crippen molar-refractivity contribution in [1.29, 1.82) is 0 Å². The Labute approximate surface area is 194 Å². The van der Waals surface area contributed by atoms with E-state index in [-0.39, 0.29) is 11.8 Å². The van der Waals surface area contributed by atoms with Crippen molar-refractivity contribution in [2.24, 2.45) is 13.0 Å². The van der Waals surface area contributed by atoms with Gasteiger partial charge in [-0.1, -0.05) is 18.6 Å². The molecule has 0 spiro atoms. The summed E-state index contributed by atoms with van der Waals surface area (Å²) in [7, 11) is 1.91. The average Bonchev–Trinajstić information content (AvgIpc) is 3.52. The van der Waals surface area contributed by atoms with Gasteiger partial charge in [0, 0.05) is 55.3 Å². The zero-order valence-electron chi connectivity index (χ0n) is 19.1. The third-order valence-corrected chi connectivity index (χ3v) is 6.38. The number of anilines is 3. The number of nitrogens with zero attached hydrogens (tertiary/aromatic N) is 4. The molecule has 0 aliphatic heterocycles. The van der Waals surface area contributed by atoms with E-state index in [9.17, 15) is 4.79 Å². The molecular weight excluding hydrogens is 414 g/mol. The van der Waals surface area contributed by atoms with Gasteiger partial charge in [-0.25, -0.2) is 4.98 Å². The van der Waals surface area contributed by atoms with Gasteiger partial charge >= 0.3 is 0 Å². The Balaban J connectivity index is 1.21. The van der Waals surface area contributed by atoms with Gasteiger partial charge in [0.1, 0.15) is 5.82 Å². The molecule has 0 atom stereocenters. The predicted octanol–water partition coefficient (Wildman–Crippen LogP) is 4.22. The zero-order valence-corrected chi connectivity index (χ0v) is 19.1. The van der Waals surface area contributed by atoms with E-state index >= 15 is 0 Å².